The summed E-state index contributed by atoms with van der Waals surface area (Å²) < 4.78 is 0. The van der Waals surface area contributed by atoms with Crippen molar-refractivity contribution >= 4 is 5.91 Å². The number of aliphatic hydroxyl groups is 1. The summed E-state index contributed by atoms with van der Waals surface area (Å²) in [6.45, 7) is 5.66. The van der Waals surface area contributed by atoms with Gasteiger partial charge in [0.25, 0.3) is 0 Å². The van der Waals surface area contributed by atoms with Crippen LogP contribution in [0.4, 0.5) is 0 Å². The topological polar surface area (TPSA) is 75.3 Å². The summed E-state index contributed by atoms with van der Waals surface area (Å²) in [5.74, 6) is -0.164. The Bertz CT molecular complexity index is 175. The molecule has 0 aliphatic rings. The van der Waals surface area contributed by atoms with Crippen molar-refractivity contribution in [3.8, 4) is 0 Å². The Labute approximate surface area is 85.9 Å². The van der Waals surface area contributed by atoms with Gasteiger partial charge < -0.3 is 16.2 Å². The fourth-order valence-corrected chi connectivity index (χ4v) is 1.18. The van der Waals surface area contributed by atoms with E-state index in [9.17, 15) is 4.79 Å². The second-order valence-corrected chi connectivity index (χ2v) is 3.62. The molecule has 0 aromatic carbocycles. The van der Waals surface area contributed by atoms with E-state index in [1.54, 1.807) is 0 Å². The second-order valence-electron chi connectivity index (χ2n) is 3.62. The van der Waals surface area contributed by atoms with Crippen molar-refractivity contribution in [1.29, 1.82) is 0 Å². The molecule has 0 rings (SSSR count). The molecule has 0 bridgehead atoms. The van der Waals surface area contributed by atoms with Crippen molar-refractivity contribution in [3.63, 3.8) is 0 Å². The van der Waals surface area contributed by atoms with Gasteiger partial charge in [0.15, 0.2) is 0 Å². The predicted octanol–water partition coefficient (Wildman–Crippen LogP) is 0.391. The number of nitrogens with two attached hydrogens (primary N) is 1. The summed E-state index contributed by atoms with van der Waals surface area (Å²) >= 11 is 0. The lowest BCUT2D eigenvalue weighted by Crippen LogP contribution is -2.56. The Morgan fingerprint density at radius 3 is 2.21 bits per heavy atom. The van der Waals surface area contributed by atoms with Gasteiger partial charge in [0, 0.05) is 0 Å². The Morgan fingerprint density at radius 1 is 1.43 bits per heavy atom. The molecule has 4 heteroatoms. The molecule has 0 saturated heterocycles. The Balaban J connectivity index is 4.30. The van der Waals surface area contributed by atoms with E-state index in [2.05, 4.69) is 5.32 Å². The van der Waals surface area contributed by atoms with Crippen LogP contribution in [0.25, 0.3) is 0 Å². The summed E-state index contributed by atoms with van der Waals surface area (Å²) in [5, 5.41) is 11.7. The maximum atomic E-state index is 11.7. The molecule has 0 fully saturated rings. The van der Waals surface area contributed by atoms with Gasteiger partial charge in [0.05, 0.1) is 18.2 Å². The van der Waals surface area contributed by atoms with E-state index in [1.165, 1.54) is 0 Å². The third kappa shape index (κ3) is 3.27. The summed E-state index contributed by atoms with van der Waals surface area (Å²) in [7, 11) is 0. The monoisotopic (exact) mass is 202 g/mol. The first kappa shape index (κ1) is 13.4. The second kappa shape index (κ2) is 5.98. The highest BCUT2D eigenvalue weighted by Crippen LogP contribution is 2.11. The molecule has 0 aromatic heterocycles. The van der Waals surface area contributed by atoms with Crippen LogP contribution in [0, 0.1) is 0 Å². The molecule has 1 atom stereocenters. The van der Waals surface area contributed by atoms with Crippen molar-refractivity contribution in [3.05, 3.63) is 0 Å². The molecule has 0 unspecified atom stereocenters. The van der Waals surface area contributed by atoms with Crippen molar-refractivity contribution in [2.24, 2.45) is 5.73 Å². The highest BCUT2D eigenvalue weighted by atomic mass is 16.3. The molecule has 0 aromatic rings. The van der Waals surface area contributed by atoms with Crippen LogP contribution < -0.4 is 11.1 Å². The minimum atomic E-state index is -0.789. The van der Waals surface area contributed by atoms with Crippen LogP contribution in [0.15, 0.2) is 0 Å². The van der Waals surface area contributed by atoms with Gasteiger partial charge in [-0.3, -0.25) is 4.79 Å². The van der Waals surface area contributed by atoms with Crippen LogP contribution in [-0.4, -0.2) is 29.2 Å². The smallest absolute Gasteiger partial charge is 0.240 e. The molecule has 4 nitrogen and oxygen atoms in total. The van der Waals surface area contributed by atoms with Gasteiger partial charge in [0.1, 0.15) is 0 Å². The van der Waals surface area contributed by atoms with E-state index in [4.69, 9.17) is 10.8 Å². The molecule has 14 heavy (non-hydrogen) atoms. The van der Waals surface area contributed by atoms with Gasteiger partial charge in [-0.2, -0.15) is 0 Å². The van der Waals surface area contributed by atoms with Crippen molar-refractivity contribution in [2.45, 2.75) is 51.6 Å². The predicted molar refractivity (Wildman–Crippen MR) is 56.8 cm³/mol. The largest absolute Gasteiger partial charge is 0.394 e. The zero-order chi connectivity index (χ0) is 11.2. The Kier molecular flexibility index (Phi) is 5.72. The summed E-state index contributed by atoms with van der Waals surface area (Å²) in [4.78, 5) is 11.7. The molecular weight excluding hydrogens is 180 g/mol. The maximum absolute atomic E-state index is 11.7. The van der Waals surface area contributed by atoms with Crippen LogP contribution in [0.3, 0.4) is 0 Å². The summed E-state index contributed by atoms with van der Waals surface area (Å²) in [6.07, 6.45) is 1.93. The number of amides is 1. The molecule has 0 heterocycles. The summed E-state index contributed by atoms with van der Waals surface area (Å²) in [6, 6.07) is -0.177. The van der Waals surface area contributed by atoms with E-state index in [-0.39, 0.29) is 18.6 Å². The molecule has 0 radical (unpaired) electrons. The van der Waals surface area contributed by atoms with E-state index in [0.717, 1.165) is 0 Å². The first-order valence-electron chi connectivity index (χ1n) is 5.24. The third-order valence-electron chi connectivity index (χ3n) is 2.76. The van der Waals surface area contributed by atoms with Crippen molar-refractivity contribution in [1.82, 2.24) is 5.32 Å². The fourth-order valence-electron chi connectivity index (χ4n) is 1.18. The Morgan fingerprint density at radius 2 is 1.93 bits per heavy atom. The highest BCUT2D eigenvalue weighted by molar-refractivity contribution is 5.86. The average Bonchev–Trinajstić information content (AvgIpc) is 2.24. The lowest BCUT2D eigenvalue weighted by Gasteiger charge is -2.27. The van der Waals surface area contributed by atoms with Crippen LogP contribution >= 0.6 is 0 Å². The van der Waals surface area contributed by atoms with Crippen LogP contribution in [0.5, 0.6) is 0 Å². The quantitative estimate of drug-likeness (QED) is 0.583. The SMILES string of the molecule is CC[C@@H](CO)NC(=O)C(N)(CC)CC. The number of rotatable bonds is 6. The van der Waals surface area contributed by atoms with Crippen LogP contribution in [0.2, 0.25) is 0 Å². The van der Waals surface area contributed by atoms with Crippen LogP contribution in [-0.2, 0) is 4.79 Å². The van der Waals surface area contributed by atoms with Crippen LogP contribution in [0.1, 0.15) is 40.0 Å². The van der Waals surface area contributed by atoms with Crippen molar-refractivity contribution < 1.29 is 9.90 Å². The first-order valence-corrected chi connectivity index (χ1v) is 5.24. The van der Waals surface area contributed by atoms with Gasteiger partial charge in [0.2, 0.25) is 5.91 Å². The number of hydrogen-bond acceptors (Lipinski definition) is 3. The number of hydrogen-bond donors (Lipinski definition) is 3. The molecule has 4 N–H and O–H groups in total. The molecule has 0 aliphatic heterocycles. The lowest BCUT2D eigenvalue weighted by atomic mass is 9.93. The molecule has 0 aliphatic carbocycles. The van der Waals surface area contributed by atoms with Gasteiger partial charge >= 0.3 is 0 Å². The van der Waals surface area contributed by atoms with E-state index in [0.29, 0.717) is 19.3 Å². The number of carbonyl (C=O) groups excluding carboxylic acids is 1. The zero-order valence-corrected chi connectivity index (χ0v) is 9.34. The standard InChI is InChI=1S/C10H22N2O2/c1-4-8(7-13)12-9(14)10(11,5-2)6-3/h8,13H,4-7,11H2,1-3H3,(H,12,14)/t8-/m0/s1. The number of carbonyl (C=O) groups is 1. The van der Waals surface area contributed by atoms with E-state index in [1.807, 2.05) is 20.8 Å². The molecule has 1 amide bonds. The van der Waals surface area contributed by atoms with E-state index >= 15 is 0 Å². The van der Waals surface area contributed by atoms with E-state index < -0.39 is 5.54 Å². The average molecular weight is 202 g/mol. The molecule has 0 spiro atoms. The molecular formula is C10H22N2O2. The summed E-state index contributed by atoms with van der Waals surface area (Å²) in [5.41, 5.74) is 5.12. The van der Waals surface area contributed by atoms with Gasteiger partial charge in [-0.1, -0.05) is 20.8 Å². The minimum absolute atomic E-state index is 0.0360. The first-order chi connectivity index (χ1) is 6.53. The van der Waals surface area contributed by atoms with Gasteiger partial charge in [-0.15, -0.1) is 0 Å². The Hall–Kier alpha value is -0.610. The zero-order valence-electron chi connectivity index (χ0n) is 9.34. The normalized spacial score (nSPS) is 13.8. The van der Waals surface area contributed by atoms with Crippen molar-refractivity contribution in [2.75, 3.05) is 6.61 Å². The molecule has 0 saturated carbocycles. The highest BCUT2D eigenvalue weighted by Gasteiger charge is 2.30. The number of nitrogens with one attached hydrogen (secondary N) is 1. The minimum Gasteiger partial charge on any atom is -0.394 e. The lowest BCUT2D eigenvalue weighted by molar-refractivity contribution is -0.127. The van der Waals surface area contributed by atoms with Gasteiger partial charge in [-0.05, 0) is 19.3 Å². The molecule has 84 valence electrons. The van der Waals surface area contributed by atoms with Gasteiger partial charge in [-0.25, -0.2) is 0 Å². The fraction of sp³-hybridized carbons (Fsp3) is 0.900. The maximum Gasteiger partial charge on any atom is 0.240 e. The third-order valence-corrected chi connectivity index (χ3v) is 2.76. The number of aliphatic hydroxyl groups excluding tert-OH is 1.